The first kappa shape index (κ1) is 14.3. The highest BCUT2D eigenvalue weighted by Gasteiger charge is 2.29. The normalized spacial score (nSPS) is 17.8. The molecule has 0 aromatic heterocycles. The van der Waals surface area contributed by atoms with Crippen LogP contribution in [0.1, 0.15) is 37.7 Å². The molecule has 2 rings (SSSR count). The van der Waals surface area contributed by atoms with Crippen molar-refractivity contribution in [1.82, 2.24) is 0 Å². The number of aliphatic hydroxyl groups is 1. The van der Waals surface area contributed by atoms with Crippen molar-refractivity contribution in [3.8, 4) is 6.07 Å². The molecule has 19 heavy (non-hydrogen) atoms. The van der Waals surface area contributed by atoms with E-state index in [1.54, 1.807) is 6.07 Å². The second-order valence-electron chi connectivity index (χ2n) is 5.04. The second kappa shape index (κ2) is 5.89. The lowest BCUT2D eigenvalue weighted by Gasteiger charge is -2.32. The van der Waals surface area contributed by atoms with Crippen molar-refractivity contribution in [2.24, 2.45) is 0 Å². The molecule has 0 aliphatic heterocycles. The number of benzene rings is 1. The van der Waals surface area contributed by atoms with E-state index in [0.29, 0.717) is 12.2 Å². The van der Waals surface area contributed by atoms with Crippen LogP contribution in [-0.2, 0) is 0 Å². The topological polar surface area (TPSA) is 56.0 Å². The van der Waals surface area contributed by atoms with E-state index in [-0.39, 0.29) is 10.0 Å². The molecular weight excluding hydrogens is 311 g/mol. The molecule has 0 amide bonds. The number of rotatable bonds is 3. The number of halogens is 2. The van der Waals surface area contributed by atoms with Gasteiger partial charge >= 0.3 is 0 Å². The number of anilines is 1. The van der Waals surface area contributed by atoms with E-state index in [1.165, 1.54) is 6.07 Å². The number of nitriles is 1. The van der Waals surface area contributed by atoms with Crippen LogP contribution in [0.3, 0.4) is 0 Å². The van der Waals surface area contributed by atoms with Crippen LogP contribution in [0.25, 0.3) is 0 Å². The Morgan fingerprint density at radius 3 is 2.68 bits per heavy atom. The molecule has 0 saturated heterocycles. The van der Waals surface area contributed by atoms with Crippen LogP contribution < -0.4 is 5.32 Å². The third-order valence-corrected chi connectivity index (χ3v) is 4.37. The molecule has 0 spiro atoms. The Morgan fingerprint density at radius 2 is 2.05 bits per heavy atom. The van der Waals surface area contributed by atoms with Crippen molar-refractivity contribution in [1.29, 1.82) is 5.26 Å². The molecule has 1 aromatic rings. The van der Waals surface area contributed by atoms with E-state index < -0.39 is 11.4 Å². The number of nitrogens with zero attached hydrogens (tertiary/aromatic N) is 1. The molecule has 2 N–H and O–H groups in total. The lowest BCUT2D eigenvalue weighted by molar-refractivity contribution is 0.0167. The van der Waals surface area contributed by atoms with Crippen LogP contribution in [0.5, 0.6) is 0 Å². The van der Waals surface area contributed by atoms with Gasteiger partial charge in [0.25, 0.3) is 0 Å². The van der Waals surface area contributed by atoms with E-state index in [2.05, 4.69) is 21.2 Å². The number of nitrogens with one attached hydrogen (secondary N) is 1. The summed E-state index contributed by atoms with van der Waals surface area (Å²) in [5, 5.41) is 22.1. The lowest BCUT2D eigenvalue weighted by atomic mass is 9.85. The molecule has 102 valence electrons. The zero-order chi connectivity index (χ0) is 13.9. The average molecular weight is 327 g/mol. The van der Waals surface area contributed by atoms with Crippen LogP contribution in [-0.4, -0.2) is 17.3 Å². The Bertz CT molecular complexity index is 507. The molecule has 5 heteroatoms. The van der Waals surface area contributed by atoms with Crippen LogP contribution >= 0.6 is 15.9 Å². The van der Waals surface area contributed by atoms with Crippen molar-refractivity contribution < 1.29 is 9.50 Å². The van der Waals surface area contributed by atoms with Crippen LogP contribution in [0, 0.1) is 17.1 Å². The SMILES string of the molecule is N#Cc1ccc(NCC2(O)CCCCC2)c(F)c1Br. The maximum Gasteiger partial charge on any atom is 0.161 e. The molecule has 0 unspecified atom stereocenters. The Hall–Kier alpha value is -1.12. The van der Waals surface area contributed by atoms with Crippen molar-refractivity contribution in [3.05, 3.63) is 28.0 Å². The van der Waals surface area contributed by atoms with Crippen molar-refractivity contribution in [2.45, 2.75) is 37.7 Å². The third kappa shape index (κ3) is 3.26. The Kier molecular flexibility index (Phi) is 4.43. The second-order valence-corrected chi connectivity index (χ2v) is 5.83. The summed E-state index contributed by atoms with van der Waals surface area (Å²) in [6.45, 7) is 0.336. The fourth-order valence-electron chi connectivity index (χ4n) is 2.42. The first-order valence-corrected chi connectivity index (χ1v) is 7.19. The Balaban J connectivity index is 2.08. The van der Waals surface area contributed by atoms with Gasteiger partial charge < -0.3 is 10.4 Å². The molecule has 0 atom stereocenters. The highest BCUT2D eigenvalue weighted by Crippen LogP contribution is 2.30. The maximum absolute atomic E-state index is 14.0. The minimum Gasteiger partial charge on any atom is -0.388 e. The van der Waals surface area contributed by atoms with Gasteiger partial charge in [-0.1, -0.05) is 19.3 Å². The van der Waals surface area contributed by atoms with Gasteiger partial charge in [-0.2, -0.15) is 5.26 Å². The molecule has 1 saturated carbocycles. The summed E-state index contributed by atoms with van der Waals surface area (Å²) in [6.07, 6.45) is 4.67. The van der Waals surface area contributed by atoms with Gasteiger partial charge in [-0.05, 0) is 40.9 Å². The summed E-state index contributed by atoms with van der Waals surface area (Å²) in [5.74, 6) is -0.488. The van der Waals surface area contributed by atoms with Gasteiger partial charge in [0, 0.05) is 6.54 Å². The van der Waals surface area contributed by atoms with Crippen LogP contribution in [0.15, 0.2) is 16.6 Å². The Morgan fingerprint density at radius 1 is 1.37 bits per heavy atom. The van der Waals surface area contributed by atoms with Crippen LogP contribution in [0.2, 0.25) is 0 Å². The Labute approximate surface area is 120 Å². The molecule has 1 aliphatic rings. The van der Waals surface area contributed by atoms with Gasteiger partial charge in [0.1, 0.15) is 6.07 Å². The zero-order valence-corrected chi connectivity index (χ0v) is 12.1. The molecule has 1 fully saturated rings. The summed E-state index contributed by atoms with van der Waals surface area (Å²) < 4.78 is 14.1. The minimum atomic E-state index is -0.745. The van der Waals surface area contributed by atoms with E-state index in [1.807, 2.05) is 6.07 Å². The first-order valence-electron chi connectivity index (χ1n) is 6.40. The monoisotopic (exact) mass is 326 g/mol. The van der Waals surface area contributed by atoms with Crippen molar-refractivity contribution >= 4 is 21.6 Å². The molecule has 3 nitrogen and oxygen atoms in total. The zero-order valence-electron chi connectivity index (χ0n) is 10.5. The average Bonchev–Trinajstić information content (AvgIpc) is 2.41. The lowest BCUT2D eigenvalue weighted by Crippen LogP contribution is -2.38. The largest absolute Gasteiger partial charge is 0.388 e. The quantitative estimate of drug-likeness (QED) is 0.892. The molecule has 0 heterocycles. The predicted molar refractivity (Wildman–Crippen MR) is 75.3 cm³/mol. The van der Waals surface area contributed by atoms with Crippen molar-refractivity contribution in [2.75, 3.05) is 11.9 Å². The van der Waals surface area contributed by atoms with E-state index in [4.69, 9.17) is 5.26 Å². The minimum absolute atomic E-state index is 0.163. The maximum atomic E-state index is 14.0. The first-order chi connectivity index (χ1) is 9.06. The van der Waals surface area contributed by atoms with Gasteiger partial charge in [0.2, 0.25) is 0 Å². The fourth-order valence-corrected chi connectivity index (χ4v) is 2.85. The highest BCUT2D eigenvalue weighted by molar-refractivity contribution is 9.10. The summed E-state index contributed by atoms with van der Waals surface area (Å²) in [7, 11) is 0. The van der Waals surface area contributed by atoms with Crippen molar-refractivity contribution in [3.63, 3.8) is 0 Å². The molecule has 1 aliphatic carbocycles. The molecule has 0 radical (unpaired) electrons. The van der Waals surface area contributed by atoms with Gasteiger partial charge in [0.15, 0.2) is 5.82 Å². The standard InChI is InChI=1S/C14H16BrFN2O/c15-12-10(8-17)4-5-11(13(12)16)18-9-14(19)6-2-1-3-7-14/h4-5,18-19H,1-3,6-7,9H2. The number of hydrogen-bond acceptors (Lipinski definition) is 3. The number of hydrogen-bond donors (Lipinski definition) is 2. The molecule has 1 aromatic carbocycles. The smallest absolute Gasteiger partial charge is 0.161 e. The summed E-state index contributed by atoms with van der Waals surface area (Å²) in [5.41, 5.74) is -0.172. The molecule has 0 bridgehead atoms. The molecular formula is C14H16BrFN2O. The van der Waals surface area contributed by atoms with E-state index in [0.717, 1.165) is 32.1 Å². The van der Waals surface area contributed by atoms with Gasteiger partial charge in [-0.25, -0.2) is 4.39 Å². The van der Waals surface area contributed by atoms with Gasteiger partial charge in [-0.3, -0.25) is 0 Å². The van der Waals surface area contributed by atoms with Gasteiger partial charge in [0.05, 0.1) is 21.3 Å². The third-order valence-electron chi connectivity index (χ3n) is 3.59. The van der Waals surface area contributed by atoms with E-state index >= 15 is 0 Å². The summed E-state index contributed by atoms with van der Waals surface area (Å²) in [6, 6.07) is 5.00. The van der Waals surface area contributed by atoms with Crippen LogP contribution in [0.4, 0.5) is 10.1 Å². The predicted octanol–water partition coefficient (Wildman–Crippen LogP) is 3.57. The fraction of sp³-hybridized carbons (Fsp3) is 0.500. The summed E-state index contributed by atoms with van der Waals surface area (Å²) in [4.78, 5) is 0. The highest BCUT2D eigenvalue weighted by atomic mass is 79.9. The summed E-state index contributed by atoms with van der Waals surface area (Å²) >= 11 is 3.07. The van der Waals surface area contributed by atoms with Gasteiger partial charge in [-0.15, -0.1) is 0 Å². The van der Waals surface area contributed by atoms with E-state index in [9.17, 15) is 9.50 Å².